The number of benzene rings is 1. The SMILES string of the molecule is O=C(NCCOc1cccc(C(F)(F)F)c1)C1CCS(=O)(=O)C1. The summed E-state index contributed by atoms with van der Waals surface area (Å²) < 4.78 is 65.3. The Labute approximate surface area is 131 Å². The molecular weight excluding hydrogens is 335 g/mol. The number of nitrogens with one attached hydrogen (secondary N) is 1. The van der Waals surface area contributed by atoms with E-state index in [0.29, 0.717) is 6.42 Å². The largest absolute Gasteiger partial charge is 0.492 e. The van der Waals surface area contributed by atoms with Crippen LogP contribution in [0.1, 0.15) is 12.0 Å². The standard InChI is InChI=1S/C14H16F3NO4S/c15-14(16,17)11-2-1-3-12(8-11)22-6-5-18-13(19)10-4-7-23(20,21)9-10/h1-3,8,10H,4-7,9H2,(H,18,19). The van der Waals surface area contributed by atoms with Crippen LogP contribution in [0, 0.1) is 5.92 Å². The Morgan fingerprint density at radius 2 is 2.09 bits per heavy atom. The summed E-state index contributed by atoms with van der Waals surface area (Å²) in [7, 11) is -3.13. The van der Waals surface area contributed by atoms with Gasteiger partial charge in [-0.25, -0.2) is 8.42 Å². The fourth-order valence-electron chi connectivity index (χ4n) is 2.25. The molecule has 5 nitrogen and oxygen atoms in total. The summed E-state index contributed by atoms with van der Waals surface area (Å²) in [6, 6.07) is 4.45. The molecule has 1 atom stereocenters. The monoisotopic (exact) mass is 351 g/mol. The molecule has 1 fully saturated rings. The second-order valence-corrected chi connectivity index (χ2v) is 7.49. The van der Waals surface area contributed by atoms with E-state index in [2.05, 4.69) is 5.32 Å². The Morgan fingerprint density at radius 3 is 2.70 bits per heavy atom. The van der Waals surface area contributed by atoms with Gasteiger partial charge in [-0.1, -0.05) is 6.07 Å². The van der Waals surface area contributed by atoms with E-state index >= 15 is 0 Å². The second-order valence-electron chi connectivity index (χ2n) is 5.27. The maximum Gasteiger partial charge on any atom is 0.416 e. The van der Waals surface area contributed by atoms with Gasteiger partial charge in [-0.3, -0.25) is 4.79 Å². The highest BCUT2D eigenvalue weighted by molar-refractivity contribution is 7.91. The number of rotatable bonds is 5. The molecule has 1 aliphatic rings. The third-order valence-electron chi connectivity index (χ3n) is 3.43. The molecule has 0 aromatic heterocycles. The van der Waals surface area contributed by atoms with Crippen LogP contribution in [0.5, 0.6) is 5.75 Å². The molecule has 1 aromatic carbocycles. The molecule has 0 bridgehead atoms. The summed E-state index contributed by atoms with van der Waals surface area (Å²) in [5, 5.41) is 2.53. The Hall–Kier alpha value is -1.77. The van der Waals surface area contributed by atoms with Crippen molar-refractivity contribution in [2.75, 3.05) is 24.7 Å². The zero-order valence-electron chi connectivity index (χ0n) is 12.1. The lowest BCUT2D eigenvalue weighted by atomic mass is 10.1. The predicted octanol–water partition coefficient (Wildman–Crippen LogP) is 1.64. The van der Waals surface area contributed by atoms with Crippen LogP contribution in [-0.2, 0) is 20.8 Å². The molecule has 0 spiro atoms. The van der Waals surface area contributed by atoms with Crippen molar-refractivity contribution in [3.05, 3.63) is 29.8 Å². The van der Waals surface area contributed by atoms with Gasteiger partial charge >= 0.3 is 6.18 Å². The summed E-state index contributed by atoms with van der Waals surface area (Å²) in [6.07, 6.45) is -4.15. The van der Waals surface area contributed by atoms with Crippen molar-refractivity contribution in [2.24, 2.45) is 5.92 Å². The Bertz CT molecular complexity index is 673. The van der Waals surface area contributed by atoms with Crippen LogP contribution in [-0.4, -0.2) is 39.0 Å². The Kier molecular flexibility index (Phi) is 5.18. The van der Waals surface area contributed by atoms with Crippen LogP contribution >= 0.6 is 0 Å². The maximum atomic E-state index is 12.5. The smallest absolute Gasteiger partial charge is 0.416 e. The van der Waals surface area contributed by atoms with Gasteiger partial charge in [0.25, 0.3) is 0 Å². The molecule has 0 saturated carbocycles. The molecule has 0 aliphatic carbocycles. The highest BCUT2D eigenvalue weighted by Crippen LogP contribution is 2.31. The maximum absolute atomic E-state index is 12.5. The molecule has 1 aliphatic heterocycles. The van der Waals surface area contributed by atoms with Crippen molar-refractivity contribution in [3.63, 3.8) is 0 Å². The van der Waals surface area contributed by atoms with Gasteiger partial charge in [0.15, 0.2) is 9.84 Å². The van der Waals surface area contributed by atoms with E-state index in [4.69, 9.17) is 4.74 Å². The lowest BCUT2D eigenvalue weighted by Crippen LogP contribution is -2.34. The number of carbonyl (C=O) groups excluding carboxylic acids is 1. The van der Waals surface area contributed by atoms with Crippen LogP contribution < -0.4 is 10.1 Å². The first-order valence-electron chi connectivity index (χ1n) is 6.95. The fourth-order valence-corrected chi connectivity index (χ4v) is 3.99. The summed E-state index contributed by atoms with van der Waals surface area (Å²) >= 11 is 0. The highest BCUT2D eigenvalue weighted by Gasteiger charge is 2.33. The number of ether oxygens (including phenoxy) is 1. The normalized spacial score (nSPS) is 20.2. The minimum atomic E-state index is -4.44. The minimum Gasteiger partial charge on any atom is -0.492 e. The minimum absolute atomic E-state index is 0.00577. The lowest BCUT2D eigenvalue weighted by Gasteiger charge is -2.12. The van der Waals surface area contributed by atoms with E-state index in [0.717, 1.165) is 12.1 Å². The van der Waals surface area contributed by atoms with E-state index in [-0.39, 0.29) is 36.3 Å². The van der Waals surface area contributed by atoms with Crippen molar-refractivity contribution in [1.29, 1.82) is 0 Å². The highest BCUT2D eigenvalue weighted by atomic mass is 32.2. The summed E-state index contributed by atoms with van der Waals surface area (Å²) in [5.41, 5.74) is -0.810. The topological polar surface area (TPSA) is 72.5 Å². The third kappa shape index (κ3) is 5.12. The third-order valence-corrected chi connectivity index (χ3v) is 5.20. The van der Waals surface area contributed by atoms with Crippen LogP contribution in [0.3, 0.4) is 0 Å². The molecule has 128 valence electrons. The number of hydrogen-bond acceptors (Lipinski definition) is 4. The van der Waals surface area contributed by atoms with Crippen molar-refractivity contribution in [3.8, 4) is 5.75 Å². The molecule has 23 heavy (non-hydrogen) atoms. The predicted molar refractivity (Wildman–Crippen MR) is 76.7 cm³/mol. The second kappa shape index (κ2) is 6.77. The number of halogens is 3. The zero-order chi connectivity index (χ0) is 17.1. The molecule has 0 radical (unpaired) electrons. The van der Waals surface area contributed by atoms with Crippen LogP contribution in [0.15, 0.2) is 24.3 Å². The van der Waals surface area contributed by atoms with Gasteiger partial charge in [0, 0.05) is 0 Å². The Morgan fingerprint density at radius 1 is 1.35 bits per heavy atom. The fraction of sp³-hybridized carbons (Fsp3) is 0.500. The summed E-state index contributed by atoms with van der Waals surface area (Å²) in [5.74, 6) is -1.04. The van der Waals surface area contributed by atoms with Crippen molar-refractivity contribution >= 4 is 15.7 Å². The van der Waals surface area contributed by atoms with Crippen molar-refractivity contribution < 1.29 is 31.1 Å². The Balaban J connectivity index is 1.77. The van der Waals surface area contributed by atoms with E-state index in [1.165, 1.54) is 12.1 Å². The van der Waals surface area contributed by atoms with Gasteiger partial charge < -0.3 is 10.1 Å². The molecule has 9 heteroatoms. The van der Waals surface area contributed by atoms with Crippen molar-refractivity contribution in [1.82, 2.24) is 5.32 Å². The number of sulfone groups is 1. The van der Waals surface area contributed by atoms with Gasteiger partial charge in [0.05, 0.1) is 29.5 Å². The molecule has 1 unspecified atom stereocenters. The number of amides is 1. The molecular formula is C14H16F3NO4S. The van der Waals surface area contributed by atoms with E-state index in [1.54, 1.807) is 0 Å². The van der Waals surface area contributed by atoms with E-state index < -0.39 is 27.5 Å². The first-order valence-corrected chi connectivity index (χ1v) is 8.78. The first kappa shape index (κ1) is 17.6. The molecule has 1 amide bonds. The summed E-state index contributed by atoms with van der Waals surface area (Å²) in [6.45, 7) is 0.0815. The number of carbonyl (C=O) groups is 1. The molecule has 1 N–H and O–H groups in total. The molecule has 2 rings (SSSR count). The van der Waals surface area contributed by atoms with Gasteiger partial charge in [-0.2, -0.15) is 13.2 Å². The van der Waals surface area contributed by atoms with Crippen LogP contribution in [0.2, 0.25) is 0 Å². The van der Waals surface area contributed by atoms with Crippen LogP contribution in [0.25, 0.3) is 0 Å². The average molecular weight is 351 g/mol. The van der Waals surface area contributed by atoms with Gasteiger partial charge in [0.1, 0.15) is 12.4 Å². The van der Waals surface area contributed by atoms with E-state index in [1.807, 2.05) is 0 Å². The molecule has 1 heterocycles. The summed E-state index contributed by atoms with van der Waals surface area (Å²) in [4.78, 5) is 11.8. The quantitative estimate of drug-likeness (QED) is 0.819. The number of hydrogen-bond donors (Lipinski definition) is 1. The first-order chi connectivity index (χ1) is 10.7. The van der Waals surface area contributed by atoms with Gasteiger partial charge in [-0.15, -0.1) is 0 Å². The molecule has 1 saturated heterocycles. The average Bonchev–Trinajstić information content (AvgIpc) is 2.83. The lowest BCUT2D eigenvalue weighted by molar-refractivity contribution is -0.137. The van der Waals surface area contributed by atoms with Crippen LogP contribution in [0.4, 0.5) is 13.2 Å². The van der Waals surface area contributed by atoms with E-state index in [9.17, 15) is 26.4 Å². The number of alkyl halides is 3. The van der Waals surface area contributed by atoms with Gasteiger partial charge in [-0.05, 0) is 24.6 Å². The van der Waals surface area contributed by atoms with Gasteiger partial charge in [0.2, 0.25) is 5.91 Å². The van der Waals surface area contributed by atoms with Crippen molar-refractivity contribution in [2.45, 2.75) is 12.6 Å². The molecule has 1 aromatic rings. The zero-order valence-corrected chi connectivity index (χ0v) is 12.9.